The normalized spacial score (nSPS) is 11.9. The molecule has 2 N–H and O–H groups in total. The van der Waals surface area contributed by atoms with Gasteiger partial charge in [0.2, 0.25) is 0 Å². The maximum atomic E-state index is 12.0. The molecule has 0 aliphatic heterocycles. The first kappa shape index (κ1) is 13.1. The van der Waals surface area contributed by atoms with E-state index in [2.05, 4.69) is 20.7 Å². The van der Waals surface area contributed by atoms with E-state index in [1.807, 2.05) is 31.2 Å². The number of rotatable bonds is 5. The number of carbonyl (C=O) groups excluding carboxylic acids is 1. The SMILES string of the molecule is CCC(NC(=O)c1cn[nH]n1)c1ccccc1OC. The summed E-state index contributed by atoms with van der Waals surface area (Å²) in [6.45, 7) is 2.00. The average Bonchev–Trinajstić information content (AvgIpc) is 2.98. The Bertz CT molecular complexity index is 539. The van der Waals surface area contributed by atoms with Gasteiger partial charge < -0.3 is 10.1 Å². The fraction of sp³-hybridized carbons (Fsp3) is 0.308. The molecule has 1 amide bonds. The van der Waals surface area contributed by atoms with E-state index >= 15 is 0 Å². The lowest BCUT2D eigenvalue weighted by molar-refractivity contribution is 0.0930. The number of aromatic amines is 1. The highest BCUT2D eigenvalue weighted by Gasteiger charge is 2.18. The molecule has 6 heteroatoms. The molecule has 0 radical (unpaired) electrons. The highest BCUT2D eigenvalue weighted by atomic mass is 16.5. The molecule has 0 aliphatic rings. The maximum Gasteiger partial charge on any atom is 0.273 e. The van der Waals surface area contributed by atoms with Crippen LogP contribution in [0.5, 0.6) is 5.75 Å². The van der Waals surface area contributed by atoms with Gasteiger partial charge in [0.1, 0.15) is 5.75 Å². The second-order valence-electron chi connectivity index (χ2n) is 4.03. The van der Waals surface area contributed by atoms with Gasteiger partial charge in [-0.1, -0.05) is 25.1 Å². The van der Waals surface area contributed by atoms with Crippen molar-refractivity contribution in [1.29, 1.82) is 0 Å². The van der Waals surface area contributed by atoms with Crippen molar-refractivity contribution < 1.29 is 9.53 Å². The Hall–Kier alpha value is -2.37. The van der Waals surface area contributed by atoms with Gasteiger partial charge in [-0.3, -0.25) is 4.79 Å². The van der Waals surface area contributed by atoms with Crippen LogP contribution in [0.2, 0.25) is 0 Å². The predicted octanol–water partition coefficient (Wildman–Crippen LogP) is 1.69. The third-order valence-electron chi connectivity index (χ3n) is 2.88. The summed E-state index contributed by atoms with van der Waals surface area (Å²) in [5, 5.41) is 12.7. The smallest absolute Gasteiger partial charge is 0.273 e. The van der Waals surface area contributed by atoms with Gasteiger partial charge in [-0.25, -0.2) is 0 Å². The average molecular weight is 260 g/mol. The molecule has 2 rings (SSSR count). The molecule has 0 saturated carbocycles. The Balaban J connectivity index is 2.18. The van der Waals surface area contributed by atoms with Crippen molar-refractivity contribution in [3.8, 4) is 5.75 Å². The third-order valence-corrected chi connectivity index (χ3v) is 2.88. The zero-order chi connectivity index (χ0) is 13.7. The molecule has 100 valence electrons. The van der Waals surface area contributed by atoms with Crippen molar-refractivity contribution in [2.75, 3.05) is 7.11 Å². The minimum Gasteiger partial charge on any atom is -0.496 e. The summed E-state index contributed by atoms with van der Waals surface area (Å²) in [6.07, 6.45) is 2.15. The minimum atomic E-state index is -0.258. The molecule has 1 aromatic carbocycles. The molecule has 1 heterocycles. The number of para-hydroxylation sites is 1. The first-order valence-electron chi connectivity index (χ1n) is 6.05. The van der Waals surface area contributed by atoms with E-state index in [0.29, 0.717) is 0 Å². The predicted molar refractivity (Wildman–Crippen MR) is 69.9 cm³/mol. The molecule has 1 aromatic heterocycles. The van der Waals surface area contributed by atoms with Gasteiger partial charge in [0, 0.05) is 5.56 Å². The summed E-state index contributed by atoms with van der Waals surface area (Å²) < 4.78 is 5.31. The van der Waals surface area contributed by atoms with Crippen molar-refractivity contribution in [3.05, 3.63) is 41.7 Å². The molecule has 0 spiro atoms. The van der Waals surface area contributed by atoms with Gasteiger partial charge in [-0.05, 0) is 12.5 Å². The largest absolute Gasteiger partial charge is 0.496 e. The summed E-state index contributed by atoms with van der Waals surface area (Å²) in [5.41, 5.74) is 1.22. The van der Waals surface area contributed by atoms with Crippen LogP contribution in [0.25, 0.3) is 0 Å². The van der Waals surface area contributed by atoms with Gasteiger partial charge in [0.05, 0.1) is 19.3 Å². The highest BCUT2D eigenvalue weighted by Crippen LogP contribution is 2.26. The fourth-order valence-corrected chi connectivity index (χ4v) is 1.90. The fourth-order valence-electron chi connectivity index (χ4n) is 1.90. The van der Waals surface area contributed by atoms with Gasteiger partial charge >= 0.3 is 0 Å². The quantitative estimate of drug-likeness (QED) is 0.857. The number of ether oxygens (including phenoxy) is 1. The molecule has 1 unspecified atom stereocenters. The molecule has 2 aromatic rings. The molecule has 0 saturated heterocycles. The lowest BCUT2D eigenvalue weighted by Crippen LogP contribution is -2.28. The molecular weight excluding hydrogens is 244 g/mol. The first-order chi connectivity index (χ1) is 9.26. The number of H-pyrrole nitrogens is 1. The Morgan fingerprint density at radius 2 is 2.26 bits per heavy atom. The molecule has 0 aliphatic carbocycles. The second kappa shape index (κ2) is 5.99. The van der Waals surface area contributed by atoms with Crippen molar-refractivity contribution in [1.82, 2.24) is 20.7 Å². The molecule has 19 heavy (non-hydrogen) atoms. The van der Waals surface area contributed by atoms with Gasteiger partial charge in [-0.2, -0.15) is 15.4 Å². The van der Waals surface area contributed by atoms with Crippen molar-refractivity contribution in [2.24, 2.45) is 0 Å². The van der Waals surface area contributed by atoms with E-state index in [1.165, 1.54) is 6.20 Å². The Morgan fingerprint density at radius 1 is 1.47 bits per heavy atom. The minimum absolute atomic E-state index is 0.125. The van der Waals surface area contributed by atoms with Gasteiger partial charge in [0.25, 0.3) is 5.91 Å². The summed E-state index contributed by atoms with van der Waals surface area (Å²) in [5.74, 6) is 0.501. The van der Waals surface area contributed by atoms with E-state index in [-0.39, 0.29) is 17.6 Å². The number of methoxy groups -OCH3 is 1. The van der Waals surface area contributed by atoms with Crippen molar-refractivity contribution >= 4 is 5.91 Å². The monoisotopic (exact) mass is 260 g/mol. The van der Waals surface area contributed by atoms with Gasteiger partial charge in [0.15, 0.2) is 5.69 Å². The van der Waals surface area contributed by atoms with Crippen molar-refractivity contribution in [3.63, 3.8) is 0 Å². The number of carbonyl (C=O) groups is 1. The number of hydrogen-bond donors (Lipinski definition) is 2. The van der Waals surface area contributed by atoms with E-state index in [4.69, 9.17) is 4.74 Å². The number of amides is 1. The lowest BCUT2D eigenvalue weighted by atomic mass is 10.0. The number of nitrogens with one attached hydrogen (secondary N) is 2. The van der Waals surface area contributed by atoms with Crippen LogP contribution in [0.1, 0.15) is 35.4 Å². The number of benzene rings is 1. The zero-order valence-corrected chi connectivity index (χ0v) is 10.9. The van der Waals surface area contributed by atoms with Crippen LogP contribution in [0.3, 0.4) is 0 Å². The number of nitrogens with zero attached hydrogens (tertiary/aromatic N) is 2. The highest BCUT2D eigenvalue weighted by molar-refractivity contribution is 5.92. The molecule has 1 atom stereocenters. The maximum absolute atomic E-state index is 12.0. The van der Waals surface area contributed by atoms with E-state index in [0.717, 1.165) is 17.7 Å². The number of hydrogen-bond acceptors (Lipinski definition) is 4. The summed E-state index contributed by atoms with van der Waals surface area (Å²) >= 11 is 0. The summed E-state index contributed by atoms with van der Waals surface area (Å²) in [4.78, 5) is 12.0. The third kappa shape index (κ3) is 2.90. The Morgan fingerprint density at radius 3 is 2.89 bits per heavy atom. The second-order valence-corrected chi connectivity index (χ2v) is 4.03. The van der Waals surface area contributed by atoms with Crippen LogP contribution in [0, 0.1) is 0 Å². The zero-order valence-electron chi connectivity index (χ0n) is 10.9. The lowest BCUT2D eigenvalue weighted by Gasteiger charge is -2.19. The van der Waals surface area contributed by atoms with Crippen molar-refractivity contribution in [2.45, 2.75) is 19.4 Å². The Labute approximate surface area is 111 Å². The van der Waals surface area contributed by atoms with Crippen LogP contribution in [0.4, 0.5) is 0 Å². The summed E-state index contributed by atoms with van der Waals surface area (Å²) in [7, 11) is 1.62. The molecule has 6 nitrogen and oxygen atoms in total. The van der Waals surface area contributed by atoms with Crippen LogP contribution in [0.15, 0.2) is 30.5 Å². The molecule has 0 fully saturated rings. The standard InChI is InChI=1S/C13H16N4O2/c1-3-10(9-6-4-5-7-12(9)19-2)15-13(18)11-8-14-17-16-11/h4-8,10H,3H2,1-2H3,(H,15,18)(H,14,16,17). The number of aromatic nitrogens is 3. The summed E-state index contributed by atoms with van der Waals surface area (Å²) in [6, 6.07) is 7.51. The first-order valence-corrected chi connectivity index (χ1v) is 6.05. The van der Waals surface area contributed by atoms with E-state index in [1.54, 1.807) is 7.11 Å². The van der Waals surface area contributed by atoms with E-state index in [9.17, 15) is 4.79 Å². The van der Waals surface area contributed by atoms with Gasteiger partial charge in [-0.15, -0.1) is 0 Å². The van der Waals surface area contributed by atoms with Crippen LogP contribution >= 0.6 is 0 Å². The van der Waals surface area contributed by atoms with E-state index < -0.39 is 0 Å². The topological polar surface area (TPSA) is 79.9 Å². The van der Waals surface area contributed by atoms with Crippen LogP contribution in [-0.4, -0.2) is 28.4 Å². The van der Waals surface area contributed by atoms with Crippen LogP contribution < -0.4 is 10.1 Å². The molecular formula is C13H16N4O2. The Kier molecular flexibility index (Phi) is 4.12. The molecule has 0 bridgehead atoms. The van der Waals surface area contributed by atoms with Crippen LogP contribution in [-0.2, 0) is 0 Å².